The maximum atomic E-state index is 6.81. The van der Waals surface area contributed by atoms with Crippen molar-refractivity contribution in [1.29, 1.82) is 0 Å². The van der Waals surface area contributed by atoms with Crippen LogP contribution in [0.5, 0.6) is 34.5 Å². The van der Waals surface area contributed by atoms with Gasteiger partial charge in [0.05, 0.1) is 14.2 Å². The Morgan fingerprint density at radius 1 is 0.659 bits per heavy atom. The summed E-state index contributed by atoms with van der Waals surface area (Å²) in [4.78, 5) is 4.89. The molecule has 6 heteroatoms. The molecule has 0 radical (unpaired) electrons. The summed E-state index contributed by atoms with van der Waals surface area (Å²) >= 11 is 0. The normalized spacial score (nSPS) is 19.7. The quantitative estimate of drug-likeness (QED) is 0.238. The van der Waals surface area contributed by atoms with Crippen LogP contribution in [0.4, 0.5) is 0 Å². The highest BCUT2D eigenvalue weighted by Gasteiger charge is 2.33. The standard InChI is InChI=1S/C38H42N2O4/c1-23-19-27-15-17-40(4)32-21-26-7-11-29(12-8-26)43-37-24(2)33(41-5)22-28-16-18-39(3)31(34(28)37)20-25-9-13-30(14-10-25)44-38(35(27)32)36(23)42-6/h7-14,19,22,31-32H,15-18,20-21H2,1-6H3/t31-,32-/m1/s1. The SMILES string of the molecule is COc1cc2c3c(c1C)Oc1ccc(cc1)C[C@@H]1c4c(cc(C)c(OC)c4Oc4ccc(cc4)C[C@H]3N(C)CC2)CCN1C. The van der Waals surface area contributed by atoms with Crippen molar-refractivity contribution in [2.24, 2.45) is 0 Å². The van der Waals surface area contributed by atoms with Crippen molar-refractivity contribution in [3.63, 3.8) is 0 Å². The van der Waals surface area contributed by atoms with Crippen LogP contribution in [0.25, 0.3) is 0 Å². The molecule has 6 heterocycles. The van der Waals surface area contributed by atoms with E-state index >= 15 is 0 Å². The zero-order valence-electron chi connectivity index (χ0n) is 26.7. The van der Waals surface area contributed by atoms with Gasteiger partial charge in [-0.25, -0.2) is 0 Å². The van der Waals surface area contributed by atoms with Gasteiger partial charge in [-0.3, -0.25) is 9.80 Å². The van der Waals surface area contributed by atoms with E-state index in [1.54, 1.807) is 14.2 Å². The van der Waals surface area contributed by atoms with Gasteiger partial charge in [0.15, 0.2) is 11.5 Å². The van der Waals surface area contributed by atoms with Crippen LogP contribution in [0.15, 0.2) is 60.7 Å². The number of methoxy groups -OCH3 is 2. The van der Waals surface area contributed by atoms with Gasteiger partial charge in [-0.15, -0.1) is 0 Å². The number of ether oxygens (including phenoxy) is 4. The maximum absolute atomic E-state index is 6.81. The van der Waals surface area contributed by atoms with Crippen LogP contribution in [0.3, 0.4) is 0 Å². The van der Waals surface area contributed by atoms with E-state index in [0.29, 0.717) is 0 Å². The van der Waals surface area contributed by atoms with Crippen LogP contribution in [0.2, 0.25) is 0 Å². The summed E-state index contributed by atoms with van der Waals surface area (Å²) in [5.74, 6) is 5.09. The first kappa shape index (κ1) is 28.8. The van der Waals surface area contributed by atoms with Gasteiger partial charge in [0.1, 0.15) is 23.0 Å². The van der Waals surface area contributed by atoms with E-state index < -0.39 is 0 Å². The molecule has 4 aromatic carbocycles. The molecule has 4 aromatic rings. The lowest BCUT2D eigenvalue weighted by atomic mass is 9.86. The molecule has 6 aliphatic rings. The van der Waals surface area contributed by atoms with Crippen molar-refractivity contribution in [3.05, 3.63) is 105 Å². The highest BCUT2D eigenvalue weighted by Crippen LogP contribution is 2.48. The van der Waals surface area contributed by atoms with Crippen LogP contribution in [-0.4, -0.2) is 51.2 Å². The number of nitrogens with zero attached hydrogens (tertiary/aromatic N) is 2. The number of hydrogen-bond donors (Lipinski definition) is 0. The zero-order valence-corrected chi connectivity index (χ0v) is 26.7. The van der Waals surface area contributed by atoms with Crippen LogP contribution in [0.1, 0.15) is 56.6 Å². The summed E-state index contributed by atoms with van der Waals surface area (Å²) < 4.78 is 25.4. The average Bonchev–Trinajstić information content (AvgIpc) is 3.02. The van der Waals surface area contributed by atoms with Crippen molar-refractivity contribution >= 4 is 0 Å². The fourth-order valence-corrected chi connectivity index (χ4v) is 7.43. The Kier molecular flexibility index (Phi) is 7.51. The molecule has 0 saturated carbocycles. The lowest BCUT2D eigenvalue weighted by Crippen LogP contribution is -2.34. The molecule has 6 nitrogen and oxygen atoms in total. The number of likely N-dealkylation sites (N-methyl/N-ethyl adjacent to an activating group) is 2. The highest BCUT2D eigenvalue weighted by molar-refractivity contribution is 5.60. The van der Waals surface area contributed by atoms with Gasteiger partial charge < -0.3 is 18.9 Å². The maximum Gasteiger partial charge on any atom is 0.174 e. The van der Waals surface area contributed by atoms with Crippen LogP contribution >= 0.6 is 0 Å². The third-order valence-electron chi connectivity index (χ3n) is 9.92. The lowest BCUT2D eigenvalue weighted by molar-refractivity contribution is 0.222. The van der Waals surface area contributed by atoms with E-state index in [0.717, 1.165) is 84.4 Å². The predicted molar refractivity (Wildman–Crippen MR) is 174 cm³/mol. The molecule has 4 bridgehead atoms. The second-order valence-corrected chi connectivity index (χ2v) is 12.6. The van der Waals surface area contributed by atoms with E-state index in [1.807, 2.05) is 0 Å². The molecule has 10 rings (SSSR count). The molecule has 0 aliphatic carbocycles. The first-order chi connectivity index (χ1) is 21.3. The molecule has 44 heavy (non-hydrogen) atoms. The van der Waals surface area contributed by atoms with Crippen LogP contribution in [-0.2, 0) is 25.7 Å². The molecule has 0 amide bonds. The summed E-state index contributed by atoms with van der Waals surface area (Å²) in [7, 11) is 7.92. The summed E-state index contributed by atoms with van der Waals surface area (Å²) in [5, 5.41) is 0. The van der Waals surface area contributed by atoms with Gasteiger partial charge in [-0.1, -0.05) is 30.3 Å². The molecule has 228 valence electrons. The van der Waals surface area contributed by atoms with Gasteiger partial charge in [0, 0.05) is 41.9 Å². The van der Waals surface area contributed by atoms with E-state index in [4.69, 9.17) is 18.9 Å². The molecule has 2 atom stereocenters. The Morgan fingerprint density at radius 3 is 1.68 bits per heavy atom. The lowest BCUT2D eigenvalue weighted by Gasteiger charge is -2.37. The van der Waals surface area contributed by atoms with Crippen molar-refractivity contribution in [2.45, 2.75) is 51.6 Å². The molecule has 0 saturated heterocycles. The molecule has 0 fully saturated rings. The van der Waals surface area contributed by atoms with E-state index in [9.17, 15) is 0 Å². The molecule has 0 aromatic heterocycles. The molecular weight excluding hydrogens is 548 g/mol. The number of aryl methyl sites for hydroxylation is 1. The van der Waals surface area contributed by atoms with E-state index in [1.165, 1.54) is 33.4 Å². The van der Waals surface area contributed by atoms with Gasteiger partial charge in [0.25, 0.3) is 0 Å². The number of hydrogen-bond acceptors (Lipinski definition) is 6. The monoisotopic (exact) mass is 590 g/mol. The highest BCUT2D eigenvalue weighted by atomic mass is 16.5. The molecular formula is C38H42N2O4. The Morgan fingerprint density at radius 2 is 1.16 bits per heavy atom. The zero-order chi connectivity index (χ0) is 30.5. The molecule has 0 N–H and O–H groups in total. The third kappa shape index (κ3) is 5.00. The van der Waals surface area contributed by atoms with Crippen LogP contribution < -0.4 is 18.9 Å². The molecule has 0 unspecified atom stereocenters. The molecule has 6 aliphatic heterocycles. The fraction of sp³-hybridized carbons (Fsp3) is 0.368. The van der Waals surface area contributed by atoms with Gasteiger partial charge in [0.2, 0.25) is 0 Å². The average molecular weight is 591 g/mol. The Balaban J connectivity index is 1.40. The Bertz CT molecular complexity index is 1700. The third-order valence-corrected chi connectivity index (χ3v) is 9.92. The Hall–Kier alpha value is -4.00. The number of rotatable bonds is 2. The van der Waals surface area contributed by atoms with Crippen molar-refractivity contribution in [3.8, 4) is 34.5 Å². The summed E-state index contributed by atoms with van der Waals surface area (Å²) in [6.45, 7) is 6.20. The van der Waals surface area contributed by atoms with Gasteiger partial charge >= 0.3 is 0 Å². The second kappa shape index (κ2) is 11.5. The van der Waals surface area contributed by atoms with Gasteiger partial charge in [-0.05, 0) is 112 Å². The predicted octanol–water partition coefficient (Wildman–Crippen LogP) is 7.76. The first-order valence-corrected chi connectivity index (χ1v) is 15.7. The summed E-state index contributed by atoms with van der Waals surface area (Å²) in [6, 6.07) is 22.1. The van der Waals surface area contributed by atoms with Crippen molar-refractivity contribution in [2.75, 3.05) is 41.4 Å². The van der Waals surface area contributed by atoms with Gasteiger partial charge in [-0.2, -0.15) is 0 Å². The smallest absolute Gasteiger partial charge is 0.174 e. The summed E-state index contributed by atoms with van der Waals surface area (Å²) in [6.07, 6.45) is 3.65. The van der Waals surface area contributed by atoms with Crippen molar-refractivity contribution in [1.82, 2.24) is 9.80 Å². The minimum atomic E-state index is 0.150. The minimum absolute atomic E-state index is 0.150. The summed E-state index contributed by atoms with van der Waals surface area (Å²) in [5.41, 5.74) is 9.75. The van der Waals surface area contributed by atoms with Crippen LogP contribution in [0, 0.1) is 13.8 Å². The minimum Gasteiger partial charge on any atom is -0.496 e. The largest absolute Gasteiger partial charge is 0.496 e. The first-order valence-electron chi connectivity index (χ1n) is 15.7. The van der Waals surface area contributed by atoms with Crippen molar-refractivity contribution < 1.29 is 18.9 Å². The number of benzene rings is 4. The second-order valence-electron chi connectivity index (χ2n) is 12.6. The van der Waals surface area contributed by atoms with E-state index in [2.05, 4.69) is 98.4 Å². The Labute approximate surface area is 261 Å². The topological polar surface area (TPSA) is 43.4 Å². The molecule has 0 spiro atoms. The fourth-order valence-electron chi connectivity index (χ4n) is 7.43. The van der Waals surface area contributed by atoms with E-state index in [-0.39, 0.29) is 12.1 Å².